The maximum Gasteiger partial charge on any atom is 0.123 e. The summed E-state index contributed by atoms with van der Waals surface area (Å²) in [5, 5.41) is 0. The van der Waals surface area contributed by atoms with Gasteiger partial charge in [-0.2, -0.15) is 0 Å². The van der Waals surface area contributed by atoms with Crippen LogP contribution in [0.25, 0.3) is 0 Å². The standard InChI is InChI=1S/C14H22.C12H18O/c1-11(2)9-10-13-7-5-6-8-14(13)12(3)4;1-9(2)11-7-5-6-8-12(11)13-10(3)4/h5-8,11-12H,9-10H2,1-4H3;5-10H,1-4H3. The van der Waals surface area contributed by atoms with E-state index in [1.807, 2.05) is 12.1 Å². The van der Waals surface area contributed by atoms with Gasteiger partial charge in [-0.05, 0) is 67.2 Å². The van der Waals surface area contributed by atoms with Crippen LogP contribution in [0.2, 0.25) is 0 Å². The largest absolute Gasteiger partial charge is 0.491 e. The Morgan fingerprint density at radius 1 is 0.667 bits per heavy atom. The molecule has 2 aromatic rings. The fourth-order valence-electron chi connectivity index (χ4n) is 3.09. The molecule has 0 heterocycles. The molecule has 0 spiro atoms. The summed E-state index contributed by atoms with van der Waals surface area (Å²) in [6.45, 7) is 17.6. The van der Waals surface area contributed by atoms with Gasteiger partial charge < -0.3 is 4.74 Å². The lowest BCUT2D eigenvalue weighted by molar-refractivity contribution is 0.239. The SMILES string of the molecule is CC(C)CCc1ccccc1C(C)C.CC(C)Oc1ccccc1C(C)C. The predicted octanol–water partition coefficient (Wildman–Crippen LogP) is 8.00. The molecule has 2 aromatic carbocycles. The molecule has 0 unspecified atom stereocenters. The number of ether oxygens (including phenoxy) is 1. The number of benzene rings is 2. The van der Waals surface area contributed by atoms with Crippen molar-refractivity contribution in [2.45, 2.75) is 86.2 Å². The van der Waals surface area contributed by atoms with Crippen LogP contribution in [-0.4, -0.2) is 6.10 Å². The Kier molecular flexibility index (Phi) is 10.2. The second kappa shape index (κ2) is 11.8. The van der Waals surface area contributed by atoms with Gasteiger partial charge in [0.1, 0.15) is 5.75 Å². The number of hydrogen-bond donors (Lipinski definition) is 0. The lowest BCUT2D eigenvalue weighted by Gasteiger charge is -2.15. The van der Waals surface area contributed by atoms with Crippen LogP contribution in [0.4, 0.5) is 0 Å². The lowest BCUT2D eigenvalue weighted by atomic mass is 9.93. The van der Waals surface area contributed by atoms with Crippen molar-refractivity contribution < 1.29 is 4.74 Å². The smallest absolute Gasteiger partial charge is 0.123 e. The van der Waals surface area contributed by atoms with Crippen molar-refractivity contribution >= 4 is 0 Å². The number of rotatable bonds is 7. The molecule has 0 aliphatic rings. The second-order valence-electron chi connectivity index (χ2n) is 8.65. The first-order valence-corrected chi connectivity index (χ1v) is 10.6. The molecule has 2 rings (SSSR count). The number of hydrogen-bond acceptors (Lipinski definition) is 1. The average molecular weight is 369 g/mol. The van der Waals surface area contributed by atoms with Gasteiger partial charge in [-0.25, -0.2) is 0 Å². The topological polar surface area (TPSA) is 9.23 Å². The summed E-state index contributed by atoms with van der Waals surface area (Å²) in [5.74, 6) is 3.00. The monoisotopic (exact) mass is 368 g/mol. The van der Waals surface area contributed by atoms with Crippen LogP contribution in [0.5, 0.6) is 5.75 Å². The predicted molar refractivity (Wildman–Crippen MR) is 120 cm³/mol. The Bertz CT molecular complexity index is 653. The summed E-state index contributed by atoms with van der Waals surface area (Å²) in [6, 6.07) is 17.1. The molecule has 0 N–H and O–H groups in total. The van der Waals surface area contributed by atoms with Gasteiger partial charge in [0.05, 0.1) is 6.10 Å². The van der Waals surface area contributed by atoms with Gasteiger partial charge in [0, 0.05) is 0 Å². The second-order valence-corrected chi connectivity index (χ2v) is 8.65. The molecule has 0 fully saturated rings. The maximum atomic E-state index is 5.71. The molecule has 0 saturated heterocycles. The Hall–Kier alpha value is -1.76. The van der Waals surface area contributed by atoms with Crippen molar-refractivity contribution in [1.29, 1.82) is 0 Å². The molecule has 0 atom stereocenters. The molecule has 0 bridgehead atoms. The van der Waals surface area contributed by atoms with Crippen molar-refractivity contribution in [3.8, 4) is 5.75 Å². The quantitative estimate of drug-likeness (QED) is 0.481. The van der Waals surface area contributed by atoms with E-state index in [0.29, 0.717) is 11.8 Å². The summed E-state index contributed by atoms with van der Waals surface area (Å²) in [4.78, 5) is 0. The molecular weight excluding hydrogens is 328 g/mol. The van der Waals surface area contributed by atoms with Gasteiger partial charge in [0.15, 0.2) is 0 Å². The Morgan fingerprint density at radius 3 is 1.70 bits per heavy atom. The molecule has 0 radical (unpaired) electrons. The van der Waals surface area contributed by atoms with E-state index in [1.54, 1.807) is 0 Å². The van der Waals surface area contributed by atoms with Crippen LogP contribution < -0.4 is 4.74 Å². The Balaban J connectivity index is 0.000000271. The first-order chi connectivity index (χ1) is 12.7. The van der Waals surface area contributed by atoms with Crippen LogP contribution in [0.15, 0.2) is 48.5 Å². The van der Waals surface area contributed by atoms with Gasteiger partial charge in [-0.3, -0.25) is 0 Å². The minimum Gasteiger partial charge on any atom is -0.491 e. The lowest BCUT2D eigenvalue weighted by Crippen LogP contribution is -2.07. The van der Waals surface area contributed by atoms with E-state index in [-0.39, 0.29) is 6.10 Å². The van der Waals surface area contributed by atoms with Crippen molar-refractivity contribution in [3.05, 3.63) is 65.2 Å². The number of aryl methyl sites for hydroxylation is 1. The third-order valence-electron chi connectivity index (χ3n) is 4.57. The zero-order valence-electron chi connectivity index (χ0n) is 18.8. The first-order valence-electron chi connectivity index (χ1n) is 10.6. The van der Waals surface area contributed by atoms with E-state index < -0.39 is 0 Å². The van der Waals surface area contributed by atoms with Gasteiger partial charge >= 0.3 is 0 Å². The first kappa shape index (κ1) is 23.3. The van der Waals surface area contributed by atoms with E-state index in [1.165, 1.54) is 29.5 Å². The van der Waals surface area contributed by atoms with Crippen LogP contribution in [0.1, 0.15) is 90.3 Å². The minimum absolute atomic E-state index is 0.250. The van der Waals surface area contributed by atoms with E-state index in [4.69, 9.17) is 4.74 Å². The third kappa shape index (κ3) is 8.65. The van der Waals surface area contributed by atoms with Crippen molar-refractivity contribution in [2.75, 3.05) is 0 Å². The Labute approximate surface area is 168 Å². The minimum atomic E-state index is 0.250. The third-order valence-corrected chi connectivity index (χ3v) is 4.57. The highest BCUT2D eigenvalue weighted by atomic mass is 16.5. The highest BCUT2D eigenvalue weighted by Crippen LogP contribution is 2.26. The highest BCUT2D eigenvalue weighted by molar-refractivity contribution is 5.35. The summed E-state index contributed by atoms with van der Waals surface area (Å²) in [5.41, 5.74) is 4.35. The summed E-state index contributed by atoms with van der Waals surface area (Å²) < 4.78 is 5.71. The highest BCUT2D eigenvalue weighted by Gasteiger charge is 2.07. The molecule has 0 saturated carbocycles. The van der Waals surface area contributed by atoms with Gasteiger partial charge in [-0.15, -0.1) is 0 Å². The number of para-hydroxylation sites is 1. The Morgan fingerprint density at radius 2 is 1.19 bits per heavy atom. The molecule has 27 heavy (non-hydrogen) atoms. The van der Waals surface area contributed by atoms with Gasteiger partial charge in [-0.1, -0.05) is 84.0 Å². The van der Waals surface area contributed by atoms with E-state index >= 15 is 0 Å². The summed E-state index contributed by atoms with van der Waals surface area (Å²) >= 11 is 0. The zero-order chi connectivity index (χ0) is 20.4. The molecule has 0 aromatic heterocycles. The van der Waals surface area contributed by atoms with Crippen molar-refractivity contribution in [1.82, 2.24) is 0 Å². The molecule has 0 aliphatic carbocycles. The van der Waals surface area contributed by atoms with E-state index in [0.717, 1.165) is 11.7 Å². The fourth-order valence-corrected chi connectivity index (χ4v) is 3.09. The van der Waals surface area contributed by atoms with Gasteiger partial charge in [0.25, 0.3) is 0 Å². The van der Waals surface area contributed by atoms with Crippen LogP contribution in [0.3, 0.4) is 0 Å². The van der Waals surface area contributed by atoms with Gasteiger partial charge in [0.2, 0.25) is 0 Å². The van der Waals surface area contributed by atoms with E-state index in [2.05, 4.69) is 91.8 Å². The average Bonchev–Trinajstić information content (AvgIpc) is 2.60. The van der Waals surface area contributed by atoms with Crippen LogP contribution in [0, 0.1) is 5.92 Å². The molecule has 1 heteroatoms. The molecule has 0 amide bonds. The molecular formula is C26H40O. The molecule has 150 valence electrons. The summed E-state index contributed by atoms with van der Waals surface area (Å²) in [7, 11) is 0. The normalized spacial score (nSPS) is 11.1. The zero-order valence-corrected chi connectivity index (χ0v) is 18.8. The van der Waals surface area contributed by atoms with Crippen molar-refractivity contribution in [3.63, 3.8) is 0 Å². The van der Waals surface area contributed by atoms with Crippen molar-refractivity contribution in [2.24, 2.45) is 5.92 Å². The molecule has 0 aliphatic heterocycles. The fraction of sp³-hybridized carbons (Fsp3) is 0.538. The maximum absolute atomic E-state index is 5.71. The molecule has 1 nitrogen and oxygen atoms in total. The van der Waals surface area contributed by atoms with E-state index in [9.17, 15) is 0 Å². The summed E-state index contributed by atoms with van der Waals surface area (Å²) in [6.07, 6.45) is 2.77. The van der Waals surface area contributed by atoms with Crippen LogP contribution >= 0.6 is 0 Å². The van der Waals surface area contributed by atoms with Crippen LogP contribution in [-0.2, 0) is 6.42 Å².